The quantitative estimate of drug-likeness (QED) is 0.463. The number of rotatable bonds is 6. The van der Waals surface area contributed by atoms with Crippen LogP contribution in [0.25, 0.3) is 10.2 Å². The minimum absolute atomic E-state index is 0.760. The van der Waals surface area contributed by atoms with E-state index in [2.05, 4.69) is 29.9 Å². The normalized spacial score (nSPS) is 11.0. The molecule has 0 saturated carbocycles. The fourth-order valence-corrected chi connectivity index (χ4v) is 4.53. The van der Waals surface area contributed by atoms with Gasteiger partial charge in [0.05, 0.1) is 14.2 Å². The number of ether oxygens (including phenoxy) is 2. The third-order valence-corrected chi connectivity index (χ3v) is 6.14. The maximum Gasteiger partial charge on any atom is 0.161 e. The van der Waals surface area contributed by atoms with Crippen LogP contribution in [0.3, 0.4) is 0 Å². The van der Waals surface area contributed by atoms with Crippen LogP contribution in [-0.2, 0) is 12.2 Å². The monoisotopic (exact) mass is 360 g/mol. The number of nitrogens with zero attached hydrogens (tertiary/aromatic N) is 2. The summed E-state index contributed by atoms with van der Waals surface area (Å²) in [6.45, 7) is 4.26. The molecule has 0 unspecified atom stereocenters. The molecule has 4 nitrogen and oxygen atoms in total. The van der Waals surface area contributed by atoms with Crippen LogP contribution in [0.15, 0.2) is 29.6 Å². The van der Waals surface area contributed by atoms with Gasteiger partial charge in [-0.3, -0.25) is 0 Å². The topological polar surface area (TPSA) is 44.2 Å². The highest BCUT2D eigenvalue weighted by molar-refractivity contribution is 7.98. The van der Waals surface area contributed by atoms with Crippen LogP contribution in [0.4, 0.5) is 0 Å². The maximum absolute atomic E-state index is 5.41. The largest absolute Gasteiger partial charge is 0.493 e. The lowest BCUT2D eigenvalue weighted by Crippen LogP contribution is -1.95. The van der Waals surface area contributed by atoms with Crippen LogP contribution in [-0.4, -0.2) is 24.2 Å². The second kappa shape index (κ2) is 7.40. The summed E-state index contributed by atoms with van der Waals surface area (Å²) >= 11 is 3.48. The first-order chi connectivity index (χ1) is 11.7. The first-order valence-corrected chi connectivity index (χ1v) is 9.54. The minimum atomic E-state index is 0.760. The summed E-state index contributed by atoms with van der Waals surface area (Å²) in [5.41, 5.74) is 2.40. The fraction of sp³-hybridized carbons (Fsp3) is 0.333. The van der Waals surface area contributed by atoms with E-state index in [-0.39, 0.29) is 0 Å². The van der Waals surface area contributed by atoms with Gasteiger partial charge in [-0.25, -0.2) is 9.97 Å². The van der Waals surface area contributed by atoms with E-state index in [4.69, 9.17) is 9.47 Å². The average Bonchev–Trinajstić information content (AvgIpc) is 3.04. The number of thioether (sulfide) groups is 1. The number of benzene rings is 1. The van der Waals surface area contributed by atoms with Crippen molar-refractivity contribution in [2.45, 2.75) is 31.0 Å². The second-order valence-corrected chi connectivity index (χ2v) is 7.47. The molecule has 0 fully saturated rings. The van der Waals surface area contributed by atoms with Gasteiger partial charge < -0.3 is 9.47 Å². The number of methoxy groups -OCH3 is 2. The highest BCUT2D eigenvalue weighted by Crippen LogP contribution is 2.35. The summed E-state index contributed by atoms with van der Waals surface area (Å²) in [4.78, 5) is 11.3. The highest BCUT2D eigenvalue weighted by Gasteiger charge is 2.12. The third kappa shape index (κ3) is 3.35. The van der Waals surface area contributed by atoms with Crippen LogP contribution >= 0.6 is 23.1 Å². The van der Waals surface area contributed by atoms with Gasteiger partial charge in [-0.05, 0) is 42.7 Å². The average molecular weight is 361 g/mol. The first kappa shape index (κ1) is 17.0. The predicted molar refractivity (Wildman–Crippen MR) is 101 cm³/mol. The molecule has 0 radical (unpaired) electrons. The zero-order valence-electron chi connectivity index (χ0n) is 14.3. The fourth-order valence-electron chi connectivity index (χ4n) is 2.50. The molecule has 0 atom stereocenters. The smallest absolute Gasteiger partial charge is 0.161 e. The Bertz CT molecular complexity index is 862. The summed E-state index contributed by atoms with van der Waals surface area (Å²) in [7, 11) is 3.32. The number of aryl methyl sites for hydroxylation is 2. The summed E-state index contributed by atoms with van der Waals surface area (Å²) in [6.07, 6.45) is 2.68. The van der Waals surface area contributed by atoms with E-state index in [1.54, 1.807) is 43.6 Å². The SMILES string of the molecule is CCc1cc2c(SCc3cc(OC)c(OC)cc3C)ncnc2s1. The van der Waals surface area contributed by atoms with E-state index in [0.717, 1.165) is 38.9 Å². The van der Waals surface area contributed by atoms with Gasteiger partial charge in [0.15, 0.2) is 11.5 Å². The van der Waals surface area contributed by atoms with Crippen molar-refractivity contribution in [2.24, 2.45) is 0 Å². The van der Waals surface area contributed by atoms with E-state index in [1.807, 2.05) is 12.1 Å². The lowest BCUT2D eigenvalue weighted by Gasteiger charge is -2.12. The van der Waals surface area contributed by atoms with Crippen LogP contribution < -0.4 is 9.47 Å². The Kier molecular flexibility index (Phi) is 5.26. The molecule has 3 aromatic rings. The molecule has 0 spiro atoms. The van der Waals surface area contributed by atoms with E-state index < -0.39 is 0 Å². The van der Waals surface area contributed by atoms with Gasteiger partial charge in [0.25, 0.3) is 0 Å². The molecular weight excluding hydrogens is 340 g/mol. The molecule has 2 heterocycles. The summed E-state index contributed by atoms with van der Waals surface area (Å²) in [5, 5.41) is 2.19. The van der Waals surface area contributed by atoms with Crippen molar-refractivity contribution in [1.29, 1.82) is 0 Å². The van der Waals surface area contributed by atoms with Gasteiger partial charge >= 0.3 is 0 Å². The van der Waals surface area contributed by atoms with E-state index >= 15 is 0 Å². The Morgan fingerprint density at radius 2 is 1.83 bits per heavy atom. The van der Waals surface area contributed by atoms with Crippen LogP contribution in [0.2, 0.25) is 0 Å². The molecule has 0 N–H and O–H groups in total. The number of fused-ring (bicyclic) bond motifs is 1. The maximum atomic E-state index is 5.41. The van der Waals surface area contributed by atoms with Gasteiger partial charge in [-0.2, -0.15) is 0 Å². The molecule has 0 amide bonds. The van der Waals surface area contributed by atoms with Gasteiger partial charge in [-0.1, -0.05) is 6.92 Å². The van der Waals surface area contributed by atoms with Gasteiger partial charge in [0.1, 0.15) is 16.2 Å². The third-order valence-electron chi connectivity index (χ3n) is 3.90. The van der Waals surface area contributed by atoms with E-state index in [1.165, 1.54) is 16.0 Å². The summed E-state index contributed by atoms with van der Waals surface area (Å²) < 4.78 is 10.8. The molecule has 2 aromatic heterocycles. The lowest BCUT2D eigenvalue weighted by atomic mass is 10.1. The number of hydrogen-bond acceptors (Lipinski definition) is 6. The van der Waals surface area contributed by atoms with Crippen molar-refractivity contribution in [1.82, 2.24) is 9.97 Å². The summed E-state index contributed by atoms with van der Waals surface area (Å²) in [5.74, 6) is 2.35. The van der Waals surface area contributed by atoms with Crippen molar-refractivity contribution in [3.8, 4) is 11.5 Å². The number of thiophene rings is 1. The summed E-state index contributed by atoms with van der Waals surface area (Å²) in [6, 6.07) is 6.28. The van der Waals surface area contributed by atoms with E-state index in [9.17, 15) is 0 Å². The molecule has 6 heteroatoms. The predicted octanol–water partition coefficient (Wildman–Crippen LogP) is 4.87. The van der Waals surface area contributed by atoms with Gasteiger partial charge in [0, 0.05) is 16.0 Å². The van der Waals surface area contributed by atoms with E-state index in [0.29, 0.717) is 0 Å². The Morgan fingerprint density at radius 1 is 1.08 bits per heavy atom. The molecule has 24 heavy (non-hydrogen) atoms. The standard InChI is InChI=1S/C18H20N2O2S2/c1-5-13-8-14-17(19-10-20-18(14)24-13)23-9-12-7-16(22-4)15(21-3)6-11(12)2/h6-8,10H,5,9H2,1-4H3. The number of hydrogen-bond donors (Lipinski definition) is 0. The first-order valence-electron chi connectivity index (χ1n) is 7.74. The van der Waals surface area contributed by atoms with Crippen molar-refractivity contribution in [3.63, 3.8) is 0 Å². The molecule has 0 aliphatic rings. The zero-order chi connectivity index (χ0) is 17.1. The Hall–Kier alpha value is -1.79. The lowest BCUT2D eigenvalue weighted by molar-refractivity contribution is 0.354. The van der Waals surface area contributed by atoms with Crippen LogP contribution in [0, 0.1) is 6.92 Å². The molecule has 126 valence electrons. The van der Waals surface area contributed by atoms with Crippen molar-refractivity contribution >= 4 is 33.3 Å². The minimum Gasteiger partial charge on any atom is -0.493 e. The molecule has 0 aliphatic carbocycles. The zero-order valence-corrected chi connectivity index (χ0v) is 15.9. The van der Waals surface area contributed by atoms with Crippen molar-refractivity contribution in [2.75, 3.05) is 14.2 Å². The molecule has 0 bridgehead atoms. The Morgan fingerprint density at radius 3 is 2.54 bits per heavy atom. The second-order valence-electron chi connectivity index (χ2n) is 5.39. The van der Waals surface area contributed by atoms with Gasteiger partial charge in [-0.15, -0.1) is 23.1 Å². The Labute approximate surface area is 150 Å². The van der Waals surface area contributed by atoms with Crippen LogP contribution in [0.1, 0.15) is 22.9 Å². The Balaban J connectivity index is 1.87. The molecule has 0 aliphatic heterocycles. The van der Waals surface area contributed by atoms with Crippen molar-refractivity contribution in [3.05, 3.63) is 40.5 Å². The molecule has 0 saturated heterocycles. The molecule has 1 aromatic carbocycles. The molecule has 3 rings (SSSR count). The molecular formula is C18H20N2O2S2. The van der Waals surface area contributed by atoms with Crippen LogP contribution in [0.5, 0.6) is 11.5 Å². The number of aromatic nitrogens is 2. The van der Waals surface area contributed by atoms with Crippen molar-refractivity contribution < 1.29 is 9.47 Å². The highest BCUT2D eigenvalue weighted by atomic mass is 32.2. The van der Waals surface area contributed by atoms with Gasteiger partial charge in [0.2, 0.25) is 0 Å².